The maximum Gasteiger partial charge on any atom is 0.472 e. The number of carboxylic acid groups (broad SMARTS) is 1. The number of allylic oxidation sites excluding steroid dienone is 2. The number of hydrogen-bond acceptors (Lipinski definition) is 8. The lowest BCUT2D eigenvalue weighted by Crippen LogP contribution is -2.34. The Hall–Kier alpha value is -1.29. The molecule has 0 saturated heterocycles. The van der Waals surface area contributed by atoms with Crippen molar-refractivity contribution >= 4 is 19.8 Å². The van der Waals surface area contributed by atoms with Crippen LogP contribution in [0.1, 0.15) is 200 Å². The fourth-order valence-corrected chi connectivity index (χ4v) is 6.73. The maximum atomic E-state index is 12.6. The van der Waals surface area contributed by atoms with Gasteiger partial charge >= 0.3 is 19.8 Å². The summed E-state index contributed by atoms with van der Waals surface area (Å²) in [6.45, 7) is 3.89. The summed E-state index contributed by atoms with van der Waals surface area (Å²) in [5, 5.41) is 8.88. The number of carboxylic acids is 1. The van der Waals surface area contributed by atoms with E-state index in [1.54, 1.807) is 0 Å². The van der Waals surface area contributed by atoms with Crippen LogP contribution in [-0.4, -0.2) is 60.5 Å². The molecule has 0 aliphatic heterocycles. The average molecular weight is 762 g/mol. The number of phosphoric ester groups is 1. The molecule has 0 spiro atoms. The Morgan fingerprint density at radius 3 is 1.46 bits per heavy atom. The van der Waals surface area contributed by atoms with Gasteiger partial charge in [-0.1, -0.05) is 167 Å². The van der Waals surface area contributed by atoms with E-state index in [1.807, 2.05) is 0 Å². The molecule has 52 heavy (non-hydrogen) atoms. The topological polar surface area (TPSA) is 155 Å². The molecule has 0 aromatic rings. The standard InChI is InChI=1S/C41H80NO9P/c1-3-5-7-9-11-13-15-17-18-19-20-21-23-25-27-29-31-33-40(43)51-38(36-49-52(46,47)50-37-39(42)41(44)45)35-48-34-32-30-28-26-24-22-16-14-12-10-8-6-4-2/h17-18,38-39H,3-16,19-37,42H2,1-2H3,(H,44,45)(H,46,47)/b18-17-. The number of carbonyl (C=O) groups is 2. The van der Waals surface area contributed by atoms with Gasteiger partial charge in [-0.05, 0) is 38.5 Å². The molecule has 0 fully saturated rings. The predicted molar refractivity (Wildman–Crippen MR) is 212 cm³/mol. The third-order valence-corrected chi connectivity index (χ3v) is 10.2. The molecule has 0 aromatic carbocycles. The van der Waals surface area contributed by atoms with Crippen LogP contribution < -0.4 is 5.73 Å². The van der Waals surface area contributed by atoms with Crippen LogP contribution in [0, 0.1) is 0 Å². The minimum absolute atomic E-state index is 0.0207. The van der Waals surface area contributed by atoms with E-state index in [0.29, 0.717) is 13.0 Å². The highest BCUT2D eigenvalue weighted by atomic mass is 31.2. The number of esters is 1. The van der Waals surface area contributed by atoms with Crippen LogP contribution in [0.15, 0.2) is 12.2 Å². The van der Waals surface area contributed by atoms with Gasteiger partial charge in [0.25, 0.3) is 0 Å². The minimum Gasteiger partial charge on any atom is -0.480 e. The molecule has 3 unspecified atom stereocenters. The van der Waals surface area contributed by atoms with Crippen LogP contribution in [-0.2, 0) is 32.7 Å². The second-order valence-electron chi connectivity index (χ2n) is 14.5. The quantitative estimate of drug-likeness (QED) is 0.0237. The third-order valence-electron chi connectivity index (χ3n) is 9.29. The van der Waals surface area contributed by atoms with Crippen LogP contribution in [0.4, 0.5) is 0 Å². The van der Waals surface area contributed by atoms with Gasteiger partial charge in [0.1, 0.15) is 12.1 Å². The largest absolute Gasteiger partial charge is 0.480 e. The van der Waals surface area contributed by atoms with Crippen LogP contribution in [0.25, 0.3) is 0 Å². The number of phosphoric acid groups is 1. The van der Waals surface area contributed by atoms with Crippen molar-refractivity contribution in [2.45, 2.75) is 212 Å². The Balaban J connectivity index is 4.23. The number of ether oxygens (including phenoxy) is 2. The normalized spacial score (nSPS) is 14.1. The maximum absolute atomic E-state index is 12.6. The fraction of sp³-hybridized carbons (Fsp3) is 0.902. The molecule has 0 aliphatic rings. The van der Waals surface area contributed by atoms with E-state index >= 15 is 0 Å². The van der Waals surface area contributed by atoms with E-state index in [0.717, 1.165) is 44.9 Å². The second kappa shape index (κ2) is 38.0. The SMILES string of the molecule is CCCCCCCC/C=C\CCCCCCCCCC(=O)OC(COCCCCCCCCCCCCCCC)COP(=O)(O)OCC(N)C(=O)O. The lowest BCUT2D eigenvalue weighted by molar-refractivity contribution is -0.154. The summed E-state index contributed by atoms with van der Waals surface area (Å²) in [5.74, 6) is -1.78. The summed E-state index contributed by atoms with van der Waals surface area (Å²) in [4.78, 5) is 33.5. The number of hydrogen-bond donors (Lipinski definition) is 3. The van der Waals surface area contributed by atoms with Crippen molar-refractivity contribution in [2.24, 2.45) is 5.73 Å². The second-order valence-corrected chi connectivity index (χ2v) is 15.9. The Bertz CT molecular complexity index is 888. The summed E-state index contributed by atoms with van der Waals surface area (Å²) in [6, 6.07) is -1.47. The van der Waals surface area contributed by atoms with Gasteiger partial charge in [0.05, 0.1) is 19.8 Å². The van der Waals surface area contributed by atoms with Gasteiger partial charge in [0.2, 0.25) is 0 Å². The van der Waals surface area contributed by atoms with Gasteiger partial charge in [0, 0.05) is 13.0 Å². The van der Waals surface area contributed by atoms with E-state index in [2.05, 4.69) is 26.0 Å². The first-order valence-electron chi connectivity index (χ1n) is 21.2. The van der Waals surface area contributed by atoms with Gasteiger partial charge in [-0.2, -0.15) is 0 Å². The molecule has 0 saturated carbocycles. The summed E-state index contributed by atoms with van der Waals surface area (Å²) >= 11 is 0. The Labute approximate surface area is 318 Å². The zero-order chi connectivity index (χ0) is 38.4. The molecule has 10 nitrogen and oxygen atoms in total. The highest BCUT2D eigenvalue weighted by Gasteiger charge is 2.27. The number of rotatable bonds is 41. The van der Waals surface area contributed by atoms with Crippen molar-refractivity contribution in [3.8, 4) is 0 Å². The number of nitrogens with two attached hydrogens (primary N) is 1. The van der Waals surface area contributed by atoms with E-state index in [-0.39, 0.29) is 13.0 Å². The molecule has 0 bridgehead atoms. The molecule has 308 valence electrons. The fourth-order valence-electron chi connectivity index (χ4n) is 5.95. The van der Waals surface area contributed by atoms with Crippen molar-refractivity contribution < 1.29 is 42.7 Å². The summed E-state index contributed by atoms with van der Waals surface area (Å²) < 4.78 is 33.3. The summed E-state index contributed by atoms with van der Waals surface area (Å²) in [7, 11) is -4.61. The van der Waals surface area contributed by atoms with Gasteiger partial charge in [0.15, 0.2) is 0 Å². The van der Waals surface area contributed by atoms with Gasteiger partial charge in [-0.25, -0.2) is 4.57 Å². The van der Waals surface area contributed by atoms with E-state index in [9.17, 15) is 19.0 Å². The van der Waals surface area contributed by atoms with Crippen LogP contribution in [0.3, 0.4) is 0 Å². The predicted octanol–water partition coefficient (Wildman–Crippen LogP) is 11.4. The monoisotopic (exact) mass is 762 g/mol. The first kappa shape index (κ1) is 50.7. The molecule has 0 radical (unpaired) electrons. The first-order valence-corrected chi connectivity index (χ1v) is 22.7. The van der Waals surface area contributed by atoms with Gasteiger partial charge < -0.3 is 25.2 Å². The molecule has 3 atom stereocenters. The van der Waals surface area contributed by atoms with Crippen LogP contribution in [0.5, 0.6) is 0 Å². The molecular weight excluding hydrogens is 681 g/mol. The zero-order valence-corrected chi connectivity index (χ0v) is 34.3. The molecule has 0 rings (SSSR count). The number of unbranched alkanes of at least 4 members (excludes halogenated alkanes) is 25. The summed E-state index contributed by atoms with van der Waals surface area (Å²) in [6.07, 6.45) is 38.3. The van der Waals surface area contributed by atoms with Crippen molar-refractivity contribution in [3.63, 3.8) is 0 Å². The zero-order valence-electron chi connectivity index (χ0n) is 33.4. The third kappa shape index (κ3) is 37.0. The highest BCUT2D eigenvalue weighted by molar-refractivity contribution is 7.47. The van der Waals surface area contributed by atoms with Crippen molar-refractivity contribution in [3.05, 3.63) is 12.2 Å². The van der Waals surface area contributed by atoms with E-state index in [1.165, 1.54) is 128 Å². The van der Waals surface area contributed by atoms with E-state index in [4.69, 9.17) is 29.4 Å². The Kier molecular flexibility index (Phi) is 37.1. The molecule has 4 N–H and O–H groups in total. The lowest BCUT2D eigenvalue weighted by atomic mass is 10.0. The van der Waals surface area contributed by atoms with Crippen LogP contribution in [0.2, 0.25) is 0 Å². The molecular formula is C41H80NO9P. The molecule has 0 amide bonds. The number of carbonyl (C=O) groups excluding carboxylic acids is 1. The first-order chi connectivity index (χ1) is 25.2. The minimum atomic E-state index is -4.61. The molecule has 0 aliphatic carbocycles. The van der Waals surface area contributed by atoms with Crippen LogP contribution >= 0.6 is 7.82 Å². The van der Waals surface area contributed by atoms with Crippen molar-refractivity contribution in [1.29, 1.82) is 0 Å². The summed E-state index contributed by atoms with van der Waals surface area (Å²) in [5.41, 5.74) is 5.35. The van der Waals surface area contributed by atoms with Gasteiger partial charge in [-0.15, -0.1) is 0 Å². The Morgan fingerprint density at radius 2 is 1.00 bits per heavy atom. The lowest BCUT2D eigenvalue weighted by Gasteiger charge is -2.20. The van der Waals surface area contributed by atoms with E-state index < -0.39 is 45.1 Å². The Morgan fingerprint density at radius 1 is 0.596 bits per heavy atom. The molecule has 0 aromatic heterocycles. The molecule has 11 heteroatoms. The van der Waals surface area contributed by atoms with Gasteiger partial charge in [-0.3, -0.25) is 18.6 Å². The van der Waals surface area contributed by atoms with Crippen molar-refractivity contribution in [1.82, 2.24) is 0 Å². The average Bonchev–Trinajstić information content (AvgIpc) is 3.12. The molecule has 0 heterocycles. The smallest absolute Gasteiger partial charge is 0.472 e. The highest BCUT2D eigenvalue weighted by Crippen LogP contribution is 2.43. The van der Waals surface area contributed by atoms with Crippen molar-refractivity contribution in [2.75, 3.05) is 26.4 Å². The number of aliphatic carboxylic acids is 1.